The Morgan fingerprint density at radius 1 is 1.23 bits per heavy atom. The van der Waals surface area contributed by atoms with Gasteiger partial charge in [-0.1, -0.05) is 36.8 Å². The van der Waals surface area contributed by atoms with Crippen LogP contribution < -0.4 is 5.32 Å². The van der Waals surface area contributed by atoms with Crippen LogP contribution in [0.2, 0.25) is 0 Å². The summed E-state index contributed by atoms with van der Waals surface area (Å²) in [4.78, 5) is 6.48. The van der Waals surface area contributed by atoms with Crippen LogP contribution in [0.3, 0.4) is 0 Å². The molecule has 0 bridgehead atoms. The Morgan fingerprint density at radius 3 is 2.60 bits per heavy atom. The molecule has 0 amide bonds. The highest BCUT2D eigenvalue weighted by Gasteiger charge is 2.25. The molecule has 0 spiro atoms. The van der Waals surface area contributed by atoms with Crippen LogP contribution in [0.4, 0.5) is 0 Å². The Labute approximate surface area is 181 Å². The predicted molar refractivity (Wildman–Crippen MR) is 123 cm³/mol. The Kier molecular flexibility index (Phi) is 10.3. The molecule has 30 heavy (non-hydrogen) atoms. The van der Waals surface area contributed by atoms with E-state index < -0.39 is 10.0 Å². The van der Waals surface area contributed by atoms with Crippen molar-refractivity contribution in [1.82, 2.24) is 14.5 Å². The summed E-state index contributed by atoms with van der Waals surface area (Å²) in [5.41, 5.74) is 1.79. The maximum Gasteiger partial charge on any atom is 0.218 e. The molecule has 0 unspecified atom stereocenters. The van der Waals surface area contributed by atoms with Crippen LogP contribution in [-0.4, -0.2) is 70.5 Å². The van der Waals surface area contributed by atoms with Gasteiger partial charge in [0.2, 0.25) is 10.0 Å². The molecule has 168 valence electrons. The maximum absolute atomic E-state index is 12.8. The fourth-order valence-corrected chi connectivity index (χ4v) is 5.03. The Hall–Kier alpha value is -1.90. The topological polar surface area (TPSA) is 74.2 Å². The summed E-state index contributed by atoms with van der Waals surface area (Å²) < 4.78 is 32.4. The summed E-state index contributed by atoms with van der Waals surface area (Å²) in [7, 11) is 0.433. The fourth-order valence-electron chi connectivity index (χ4n) is 3.46. The van der Waals surface area contributed by atoms with Crippen LogP contribution in [0.15, 0.2) is 41.9 Å². The summed E-state index contributed by atoms with van der Waals surface area (Å²) in [6.07, 6.45) is 6.44. The molecular formula is C22H36N4O3S. The van der Waals surface area contributed by atoms with Gasteiger partial charge in [0.1, 0.15) is 0 Å². The summed E-state index contributed by atoms with van der Waals surface area (Å²) in [5.74, 6) is 0.812. The molecule has 1 aromatic rings. The first-order valence-corrected chi connectivity index (χ1v) is 12.2. The van der Waals surface area contributed by atoms with Crippen molar-refractivity contribution in [3.05, 3.63) is 48.0 Å². The van der Waals surface area contributed by atoms with Gasteiger partial charge in [0.25, 0.3) is 0 Å². The third-order valence-corrected chi connectivity index (χ3v) is 7.06. The van der Waals surface area contributed by atoms with Crippen molar-refractivity contribution in [2.45, 2.75) is 38.0 Å². The third-order valence-electron chi connectivity index (χ3n) is 5.23. The van der Waals surface area contributed by atoms with Crippen LogP contribution in [0.1, 0.15) is 36.8 Å². The fraction of sp³-hybridized carbons (Fsp3) is 0.591. The first-order chi connectivity index (χ1) is 14.5. The zero-order valence-corrected chi connectivity index (χ0v) is 19.2. The third kappa shape index (κ3) is 7.74. The highest BCUT2D eigenvalue weighted by molar-refractivity contribution is 7.88. The number of hydrogen-bond acceptors (Lipinski definition) is 4. The smallest absolute Gasteiger partial charge is 0.218 e. The lowest BCUT2D eigenvalue weighted by molar-refractivity contribution is 0.0729. The van der Waals surface area contributed by atoms with E-state index in [1.165, 1.54) is 4.31 Å². The predicted octanol–water partition coefficient (Wildman–Crippen LogP) is 2.60. The zero-order valence-electron chi connectivity index (χ0n) is 18.3. The molecule has 1 aliphatic heterocycles. The average Bonchev–Trinajstić information content (AvgIpc) is 2.75. The van der Waals surface area contributed by atoms with Gasteiger partial charge in [-0.3, -0.25) is 4.99 Å². The minimum Gasteiger partial charge on any atom is -0.379 e. The number of ether oxygens (including phenoxy) is 1. The van der Waals surface area contributed by atoms with E-state index in [4.69, 9.17) is 4.74 Å². The molecule has 1 saturated heterocycles. The molecule has 0 saturated carbocycles. The minimum atomic E-state index is -3.36. The molecule has 1 fully saturated rings. The number of unbranched alkanes of at least 4 members (excludes halogenated alkanes) is 3. The minimum absolute atomic E-state index is 0.00258. The van der Waals surface area contributed by atoms with Gasteiger partial charge < -0.3 is 15.0 Å². The molecular weight excluding hydrogens is 400 g/mol. The van der Waals surface area contributed by atoms with Gasteiger partial charge in [-0.25, -0.2) is 8.42 Å². The number of morpholine rings is 1. The average molecular weight is 437 g/mol. The summed E-state index contributed by atoms with van der Waals surface area (Å²) >= 11 is 0. The number of rotatable bonds is 11. The van der Waals surface area contributed by atoms with Crippen molar-refractivity contribution in [2.75, 3.05) is 46.9 Å². The normalized spacial score (nSPS) is 15.7. The summed E-state index contributed by atoms with van der Waals surface area (Å²) in [6, 6.07) is 7.69. The number of guanidine groups is 1. The first kappa shape index (κ1) is 24.4. The van der Waals surface area contributed by atoms with Gasteiger partial charge >= 0.3 is 0 Å². The second kappa shape index (κ2) is 12.7. The highest BCUT2D eigenvalue weighted by Crippen LogP contribution is 2.16. The summed E-state index contributed by atoms with van der Waals surface area (Å²) in [6.45, 7) is 6.97. The van der Waals surface area contributed by atoms with Gasteiger partial charge in [0.15, 0.2) is 5.96 Å². The van der Waals surface area contributed by atoms with Gasteiger partial charge in [-0.05, 0) is 30.4 Å². The van der Waals surface area contributed by atoms with E-state index in [2.05, 4.69) is 21.8 Å². The van der Waals surface area contributed by atoms with Crippen molar-refractivity contribution >= 4 is 16.0 Å². The van der Waals surface area contributed by atoms with Crippen molar-refractivity contribution in [3.63, 3.8) is 0 Å². The van der Waals surface area contributed by atoms with Crippen LogP contribution in [-0.2, 0) is 27.1 Å². The second-order valence-corrected chi connectivity index (χ2v) is 9.47. The lowest BCUT2D eigenvalue weighted by Gasteiger charge is -2.26. The van der Waals surface area contributed by atoms with Crippen LogP contribution in [0, 0.1) is 0 Å². The lowest BCUT2D eigenvalue weighted by atomic mass is 10.1. The molecule has 1 aromatic carbocycles. The van der Waals surface area contributed by atoms with E-state index in [9.17, 15) is 8.42 Å². The molecule has 0 atom stereocenters. The lowest BCUT2D eigenvalue weighted by Crippen LogP contribution is -2.41. The van der Waals surface area contributed by atoms with Gasteiger partial charge in [-0.2, -0.15) is 4.31 Å². The Morgan fingerprint density at radius 2 is 1.93 bits per heavy atom. The van der Waals surface area contributed by atoms with E-state index in [1.807, 2.05) is 37.4 Å². The SMILES string of the molecule is C=CCCCCCN(C)C(=NC)NCc1ccccc1CS(=O)(=O)N1CCOCC1. The van der Waals surface area contributed by atoms with Crippen LogP contribution in [0.25, 0.3) is 0 Å². The van der Waals surface area contributed by atoms with Crippen molar-refractivity contribution in [2.24, 2.45) is 4.99 Å². The van der Waals surface area contributed by atoms with Crippen molar-refractivity contribution in [1.29, 1.82) is 0 Å². The number of benzene rings is 1. The number of nitrogens with one attached hydrogen (secondary N) is 1. The van der Waals surface area contributed by atoms with Crippen LogP contribution in [0.5, 0.6) is 0 Å². The molecule has 7 nitrogen and oxygen atoms in total. The van der Waals surface area contributed by atoms with E-state index >= 15 is 0 Å². The number of sulfonamides is 1. The van der Waals surface area contributed by atoms with Crippen molar-refractivity contribution in [3.8, 4) is 0 Å². The zero-order chi connectivity index (χ0) is 21.8. The molecule has 8 heteroatoms. The summed E-state index contributed by atoms with van der Waals surface area (Å²) in [5, 5.41) is 3.37. The molecule has 0 radical (unpaired) electrons. The van der Waals surface area contributed by atoms with E-state index in [0.717, 1.165) is 49.3 Å². The number of nitrogens with zero attached hydrogens (tertiary/aromatic N) is 3. The van der Waals surface area contributed by atoms with E-state index in [-0.39, 0.29) is 5.75 Å². The molecule has 0 aromatic heterocycles. The molecule has 1 aliphatic rings. The van der Waals surface area contributed by atoms with E-state index in [0.29, 0.717) is 32.8 Å². The standard InChI is InChI=1S/C22H36N4O3S/c1-4-5-6-7-10-13-25(3)22(23-2)24-18-20-11-8-9-12-21(20)19-30(27,28)26-14-16-29-17-15-26/h4,8-9,11-12H,1,5-7,10,13-19H2,2-3H3,(H,23,24). The second-order valence-electron chi connectivity index (χ2n) is 7.50. The van der Waals surface area contributed by atoms with Gasteiger partial charge in [0.05, 0.1) is 19.0 Å². The highest BCUT2D eigenvalue weighted by atomic mass is 32.2. The van der Waals surface area contributed by atoms with Gasteiger partial charge in [-0.15, -0.1) is 6.58 Å². The molecule has 2 rings (SSSR count). The van der Waals surface area contributed by atoms with E-state index in [1.54, 1.807) is 7.05 Å². The van der Waals surface area contributed by atoms with Gasteiger partial charge in [0, 0.05) is 40.3 Å². The molecule has 0 aliphatic carbocycles. The molecule has 1 heterocycles. The number of hydrogen-bond donors (Lipinski definition) is 1. The molecule has 1 N–H and O–H groups in total. The van der Waals surface area contributed by atoms with Crippen LogP contribution >= 0.6 is 0 Å². The largest absolute Gasteiger partial charge is 0.379 e. The number of aliphatic imine (C=N–C) groups is 1. The maximum atomic E-state index is 12.8. The van der Waals surface area contributed by atoms with Crippen molar-refractivity contribution < 1.29 is 13.2 Å². The Balaban J connectivity index is 1.94. The Bertz CT molecular complexity index is 789. The first-order valence-electron chi connectivity index (χ1n) is 10.6. The quantitative estimate of drug-likeness (QED) is 0.250. The monoisotopic (exact) mass is 436 g/mol. The number of allylic oxidation sites excluding steroid dienone is 1.